The first-order valence-electron chi connectivity index (χ1n) is 7.86. The lowest BCUT2D eigenvalue weighted by molar-refractivity contribution is -0.137. The van der Waals surface area contributed by atoms with Gasteiger partial charge in [0.1, 0.15) is 12.0 Å². The number of nitrogens with one attached hydrogen (secondary N) is 2. The van der Waals surface area contributed by atoms with Crippen LogP contribution in [-0.4, -0.2) is 9.97 Å². The lowest BCUT2D eigenvalue weighted by Gasteiger charge is -2.15. The molecule has 0 saturated heterocycles. The van der Waals surface area contributed by atoms with Gasteiger partial charge in [-0.2, -0.15) is 13.2 Å². The third-order valence-corrected chi connectivity index (χ3v) is 4.06. The number of hydrogen-bond donors (Lipinski definition) is 3. The van der Waals surface area contributed by atoms with Crippen molar-refractivity contribution in [2.45, 2.75) is 12.7 Å². The number of aromatic nitrogens is 2. The second kappa shape index (κ2) is 7.71. The smallest absolute Gasteiger partial charge is 0.393 e. The van der Waals surface area contributed by atoms with E-state index in [1.807, 2.05) is 30.3 Å². The van der Waals surface area contributed by atoms with Crippen LogP contribution in [0.2, 0.25) is 5.02 Å². The third-order valence-electron chi connectivity index (χ3n) is 3.73. The Morgan fingerprint density at radius 1 is 1.00 bits per heavy atom. The number of nitrogens with two attached hydrogens (primary N) is 1. The zero-order valence-corrected chi connectivity index (χ0v) is 14.6. The highest BCUT2D eigenvalue weighted by atomic mass is 35.5. The Morgan fingerprint density at radius 3 is 2.41 bits per heavy atom. The minimum Gasteiger partial charge on any atom is -0.393 e. The molecule has 0 bridgehead atoms. The van der Waals surface area contributed by atoms with Gasteiger partial charge in [0, 0.05) is 6.54 Å². The molecule has 1 heterocycles. The van der Waals surface area contributed by atoms with E-state index in [9.17, 15) is 13.2 Å². The van der Waals surface area contributed by atoms with Crippen LogP contribution < -0.4 is 16.4 Å². The molecule has 27 heavy (non-hydrogen) atoms. The highest BCUT2D eigenvalue weighted by Crippen LogP contribution is 2.36. The first-order valence-corrected chi connectivity index (χ1v) is 8.24. The Hall–Kier alpha value is -3.00. The molecule has 0 amide bonds. The van der Waals surface area contributed by atoms with Crippen molar-refractivity contribution in [3.05, 3.63) is 71.0 Å². The Bertz CT molecular complexity index is 932. The van der Waals surface area contributed by atoms with Crippen LogP contribution in [0.25, 0.3) is 0 Å². The molecule has 0 aliphatic heterocycles. The van der Waals surface area contributed by atoms with Crippen molar-refractivity contribution in [1.29, 1.82) is 0 Å². The molecule has 140 valence electrons. The normalized spacial score (nSPS) is 11.3. The SMILES string of the molecule is Nc1c(NCc2ccccc2)ncnc1Nc1cc(C(F)(F)F)ccc1Cl. The van der Waals surface area contributed by atoms with Crippen molar-refractivity contribution in [3.8, 4) is 0 Å². The molecule has 0 saturated carbocycles. The Morgan fingerprint density at radius 2 is 1.70 bits per heavy atom. The van der Waals surface area contributed by atoms with Gasteiger partial charge in [0.2, 0.25) is 0 Å². The predicted octanol–water partition coefficient (Wildman–Crippen LogP) is 5.09. The van der Waals surface area contributed by atoms with Gasteiger partial charge < -0.3 is 16.4 Å². The van der Waals surface area contributed by atoms with Crippen LogP contribution in [0.3, 0.4) is 0 Å². The summed E-state index contributed by atoms with van der Waals surface area (Å²) in [6.07, 6.45) is -3.23. The zero-order valence-electron chi connectivity index (χ0n) is 13.9. The summed E-state index contributed by atoms with van der Waals surface area (Å²) in [5.41, 5.74) is 6.46. The molecular formula is C18H15ClF3N5. The van der Waals surface area contributed by atoms with E-state index < -0.39 is 11.7 Å². The summed E-state index contributed by atoms with van der Waals surface area (Å²) < 4.78 is 38.7. The van der Waals surface area contributed by atoms with Gasteiger partial charge >= 0.3 is 6.18 Å². The fraction of sp³-hybridized carbons (Fsp3) is 0.111. The summed E-state index contributed by atoms with van der Waals surface area (Å²) in [5.74, 6) is 0.515. The molecule has 3 aromatic rings. The zero-order chi connectivity index (χ0) is 19.4. The Kier molecular flexibility index (Phi) is 5.36. The molecule has 0 unspecified atom stereocenters. The second-order valence-electron chi connectivity index (χ2n) is 5.64. The minimum atomic E-state index is -4.49. The summed E-state index contributed by atoms with van der Waals surface area (Å²) in [7, 11) is 0. The van der Waals surface area contributed by atoms with Gasteiger partial charge in [-0.1, -0.05) is 41.9 Å². The largest absolute Gasteiger partial charge is 0.416 e. The standard InChI is InChI=1S/C18H15ClF3N5/c19-13-7-6-12(18(20,21)22)8-14(13)27-17-15(23)16(25-10-26-17)24-9-11-4-2-1-3-5-11/h1-8,10H,9,23H2,(H2,24,25,26,27). The molecule has 0 spiro atoms. The van der Waals surface area contributed by atoms with Crippen molar-refractivity contribution in [3.63, 3.8) is 0 Å². The van der Waals surface area contributed by atoms with Gasteiger partial charge in [0.25, 0.3) is 0 Å². The number of halogens is 4. The van der Waals surface area contributed by atoms with Gasteiger partial charge in [-0.25, -0.2) is 9.97 Å². The van der Waals surface area contributed by atoms with Crippen molar-refractivity contribution in [2.24, 2.45) is 0 Å². The van der Waals surface area contributed by atoms with Crippen LogP contribution in [0.1, 0.15) is 11.1 Å². The summed E-state index contributed by atoms with van der Waals surface area (Å²) in [6, 6.07) is 12.6. The monoisotopic (exact) mass is 393 g/mol. The number of anilines is 4. The van der Waals surface area contributed by atoms with Gasteiger partial charge in [-0.3, -0.25) is 0 Å². The maximum absolute atomic E-state index is 12.9. The first-order chi connectivity index (χ1) is 12.8. The molecule has 1 aromatic heterocycles. The van der Waals surface area contributed by atoms with E-state index >= 15 is 0 Å². The lowest BCUT2D eigenvalue weighted by Crippen LogP contribution is -2.09. The number of rotatable bonds is 5. The van der Waals surface area contributed by atoms with Crippen molar-refractivity contribution in [1.82, 2.24) is 9.97 Å². The number of hydrogen-bond acceptors (Lipinski definition) is 5. The highest BCUT2D eigenvalue weighted by molar-refractivity contribution is 6.33. The summed E-state index contributed by atoms with van der Waals surface area (Å²) >= 11 is 6.00. The number of nitrogens with zero attached hydrogens (tertiary/aromatic N) is 2. The topological polar surface area (TPSA) is 75.9 Å². The van der Waals surface area contributed by atoms with Crippen LogP contribution in [0, 0.1) is 0 Å². The van der Waals surface area contributed by atoms with Gasteiger partial charge in [-0.15, -0.1) is 0 Å². The lowest BCUT2D eigenvalue weighted by atomic mass is 10.2. The second-order valence-corrected chi connectivity index (χ2v) is 6.05. The fourth-order valence-electron chi connectivity index (χ4n) is 2.34. The fourth-order valence-corrected chi connectivity index (χ4v) is 2.51. The van der Waals surface area contributed by atoms with Crippen LogP contribution >= 0.6 is 11.6 Å². The van der Waals surface area contributed by atoms with Gasteiger partial charge in [-0.05, 0) is 23.8 Å². The van der Waals surface area contributed by atoms with E-state index in [1.54, 1.807) is 0 Å². The van der Waals surface area contributed by atoms with E-state index in [2.05, 4.69) is 20.6 Å². The van der Waals surface area contributed by atoms with Crippen molar-refractivity contribution >= 4 is 34.6 Å². The molecule has 5 nitrogen and oxygen atoms in total. The number of nitrogen functional groups attached to an aromatic ring is 1. The maximum atomic E-state index is 12.9. The number of benzene rings is 2. The average Bonchev–Trinajstić information content (AvgIpc) is 2.64. The molecule has 0 atom stereocenters. The highest BCUT2D eigenvalue weighted by Gasteiger charge is 2.31. The molecule has 3 rings (SSSR count). The molecule has 9 heteroatoms. The van der Waals surface area contributed by atoms with E-state index in [0.717, 1.165) is 17.7 Å². The molecular weight excluding hydrogens is 379 g/mol. The quantitative estimate of drug-likeness (QED) is 0.563. The average molecular weight is 394 g/mol. The van der Waals surface area contributed by atoms with Crippen LogP contribution in [0.15, 0.2) is 54.9 Å². The van der Waals surface area contributed by atoms with Crippen molar-refractivity contribution in [2.75, 3.05) is 16.4 Å². The van der Waals surface area contributed by atoms with Crippen LogP contribution in [0.4, 0.5) is 36.2 Å². The summed E-state index contributed by atoms with van der Waals surface area (Å²) in [4.78, 5) is 8.07. The molecule has 0 fully saturated rings. The van der Waals surface area contributed by atoms with Gasteiger partial charge in [0.05, 0.1) is 16.3 Å². The van der Waals surface area contributed by atoms with E-state index in [1.165, 1.54) is 12.4 Å². The molecule has 0 radical (unpaired) electrons. The van der Waals surface area contributed by atoms with E-state index in [-0.39, 0.29) is 22.2 Å². The van der Waals surface area contributed by atoms with E-state index in [0.29, 0.717) is 12.4 Å². The van der Waals surface area contributed by atoms with Crippen LogP contribution in [0.5, 0.6) is 0 Å². The molecule has 0 aliphatic carbocycles. The molecule has 0 aliphatic rings. The first kappa shape index (κ1) is 18.8. The minimum absolute atomic E-state index is 0.0471. The van der Waals surface area contributed by atoms with Crippen molar-refractivity contribution < 1.29 is 13.2 Å². The summed E-state index contributed by atoms with van der Waals surface area (Å²) in [6.45, 7) is 0.478. The summed E-state index contributed by atoms with van der Waals surface area (Å²) in [5, 5.41) is 5.93. The van der Waals surface area contributed by atoms with E-state index in [4.69, 9.17) is 17.3 Å². The van der Waals surface area contributed by atoms with Crippen LogP contribution in [-0.2, 0) is 12.7 Å². The Labute approximate surface area is 158 Å². The maximum Gasteiger partial charge on any atom is 0.416 e. The molecule has 2 aromatic carbocycles. The Balaban J connectivity index is 1.82. The third kappa shape index (κ3) is 4.59. The van der Waals surface area contributed by atoms with Gasteiger partial charge in [0.15, 0.2) is 11.6 Å². The number of alkyl halides is 3. The molecule has 4 N–H and O–H groups in total. The predicted molar refractivity (Wildman–Crippen MR) is 99.9 cm³/mol.